The number of fused-ring (bicyclic) bond motifs is 1. The molecule has 1 saturated heterocycles. The number of anilines is 2. The van der Waals surface area contributed by atoms with Crippen molar-refractivity contribution >= 4 is 56.1 Å². The number of hydrogen-bond acceptors (Lipinski definition) is 8. The van der Waals surface area contributed by atoms with Gasteiger partial charge in [-0.15, -0.1) is 11.3 Å². The number of thiophene rings is 1. The number of likely N-dealkylation sites (N-methyl/N-ethyl adjacent to an activating group) is 1. The summed E-state index contributed by atoms with van der Waals surface area (Å²) in [6, 6.07) is 9.65. The fraction of sp³-hybridized carbons (Fsp3) is 0.280. The van der Waals surface area contributed by atoms with Gasteiger partial charge in [0.05, 0.1) is 57.1 Å². The molecule has 1 N–H and O–H groups in total. The third kappa shape index (κ3) is 4.96. The number of ether oxygens (including phenoxy) is 1. The summed E-state index contributed by atoms with van der Waals surface area (Å²) in [5.74, 6) is 1.42. The van der Waals surface area contributed by atoms with E-state index in [4.69, 9.17) is 32.4 Å². The van der Waals surface area contributed by atoms with Crippen molar-refractivity contribution in [2.75, 3.05) is 45.7 Å². The fourth-order valence-electron chi connectivity index (χ4n) is 4.06. The van der Waals surface area contributed by atoms with E-state index in [2.05, 4.69) is 39.3 Å². The van der Waals surface area contributed by atoms with Gasteiger partial charge in [-0.05, 0) is 25.2 Å². The van der Waals surface area contributed by atoms with E-state index >= 15 is 0 Å². The molecular weight excluding hydrogens is 505 g/mol. The molecule has 1 fully saturated rings. The average Bonchev–Trinajstić information content (AvgIpc) is 3.49. The van der Waals surface area contributed by atoms with Crippen molar-refractivity contribution in [1.82, 2.24) is 14.8 Å². The number of piperazine rings is 1. The Hall–Kier alpha value is -2.80. The number of pyridine rings is 1. The number of nitrogens with zero attached hydrogens (tertiary/aromatic N) is 4. The highest BCUT2D eigenvalue weighted by Gasteiger charge is 2.19. The zero-order valence-corrected chi connectivity index (χ0v) is 21.6. The minimum absolute atomic E-state index is 0.411. The summed E-state index contributed by atoms with van der Waals surface area (Å²) >= 11 is 14.2. The van der Waals surface area contributed by atoms with E-state index in [-0.39, 0.29) is 0 Å². The number of furan rings is 1. The van der Waals surface area contributed by atoms with Gasteiger partial charge in [0.1, 0.15) is 17.6 Å². The van der Waals surface area contributed by atoms with Gasteiger partial charge in [-0.3, -0.25) is 9.88 Å². The van der Waals surface area contributed by atoms with Gasteiger partial charge in [-0.1, -0.05) is 23.2 Å². The van der Waals surface area contributed by atoms with Crippen LogP contribution >= 0.6 is 34.5 Å². The van der Waals surface area contributed by atoms with E-state index in [9.17, 15) is 5.26 Å². The number of nitriles is 1. The molecule has 0 saturated carbocycles. The highest BCUT2D eigenvalue weighted by atomic mass is 35.5. The van der Waals surface area contributed by atoms with Crippen LogP contribution in [0.4, 0.5) is 11.4 Å². The lowest BCUT2D eigenvalue weighted by molar-refractivity contribution is 0.140. The van der Waals surface area contributed by atoms with Crippen LogP contribution in [0.5, 0.6) is 5.75 Å². The van der Waals surface area contributed by atoms with Crippen LogP contribution in [-0.4, -0.2) is 55.1 Å². The minimum atomic E-state index is 0.411. The monoisotopic (exact) mass is 527 g/mol. The Morgan fingerprint density at radius 1 is 1.17 bits per heavy atom. The quantitative estimate of drug-likeness (QED) is 0.318. The smallest absolute Gasteiger partial charge is 0.139 e. The van der Waals surface area contributed by atoms with Crippen LogP contribution in [0.15, 0.2) is 41.1 Å². The number of hydrogen-bond donors (Lipinski definition) is 1. The predicted octanol–water partition coefficient (Wildman–Crippen LogP) is 6.23. The first kappa shape index (κ1) is 23.9. The van der Waals surface area contributed by atoms with Crippen molar-refractivity contribution in [3.05, 3.63) is 58.1 Å². The maximum absolute atomic E-state index is 9.74. The lowest BCUT2D eigenvalue weighted by atomic mass is 10.2. The van der Waals surface area contributed by atoms with Crippen molar-refractivity contribution in [2.45, 2.75) is 6.54 Å². The fourth-order valence-corrected chi connectivity index (χ4v) is 5.67. The molecular formula is C25H23Cl2N5O2S. The summed E-state index contributed by atoms with van der Waals surface area (Å²) in [6.07, 6.45) is 3.35. The van der Waals surface area contributed by atoms with Crippen molar-refractivity contribution in [1.29, 1.82) is 5.26 Å². The maximum Gasteiger partial charge on any atom is 0.139 e. The molecule has 1 aliphatic heterocycles. The standard InChI is InChI=1S/C25H23Cl2N5O2S/c1-31-3-5-32(6-4-31)13-17-7-15(14-34-17)23-10-21-25(35-23)24(16(11-28)12-29-21)30-20-9-22(33-2)19(27)8-18(20)26/h7-10,12,14H,3-6,13H2,1-2H3,(H,29,30). The summed E-state index contributed by atoms with van der Waals surface area (Å²) in [7, 11) is 3.69. The third-order valence-corrected chi connectivity index (χ3v) is 7.88. The largest absolute Gasteiger partial charge is 0.495 e. The Kier molecular flexibility index (Phi) is 6.87. The molecule has 4 heterocycles. The molecule has 0 bridgehead atoms. The molecule has 0 spiro atoms. The Morgan fingerprint density at radius 3 is 2.71 bits per heavy atom. The molecule has 0 radical (unpaired) electrons. The first-order valence-corrected chi connectivity index (χ1v) is 12.6. The average molecular weight is 528 g/mol. The Labute approximate surface area is 217 Å². The SMILES string of the molecule is COc1cc(Nc2c(C#N)cnc3cc(-c4coc(CN5CCN(C)CC5)c4)sc23)c(Cl)cc1Cl. The molecule has 180 valence electrons. The van der Waals surface area contributed by atoms with Gasteiger partial charge < -0.3 is 19.4 Å². The minimum Gasteiger partial charge on any atom is -0.495 e. The zero-order valence-electron chi connectivity index (χ0n) is 19.3. The van der Waals surface area contributed by atoms with Crippen LogP contribution in [0.3, 0.4) is 0 Å². The van der Waals surface area contributed by atoms with Crippen LogP contribution < -0.4 is 10.1 Å². The molecule has 35 heavy (non-hydrogen) atoms. The lowest BCUT2D eigenvalue weighted by Gasteiger charge is -2.31. The molecule has 10 heteroatoms. The molecule has 0 amide bonds. The molecule has 1 aliphatic rings. The van der Waals surface area contributed by atoms with E-state index in [1.54, 1.807) is 43.0 Å². The van der Waals surface area contributed by atoms with Crippen molar-refractivity contribution < 1.29 is 9.15 Å². The van der Waals surface area contributed by atoms with Crippen LogP contribution in [-0.2, 0) is 6.54 Å². The topological polar surface area (TPSA) is 77.6 Å². The summed E-state index contributed by atoms with van der Waals surface area (Å²) in [6.45, 7) is 4.98. The maximum atomic E-state index is 9.74. The number of aromatic nitrogens is 1. The van der Waals surface area contributed by atoms with Gasteiger partial charge in [0.2, 0.25) is 0 Å². The summed E-state index contributed by atoms with van der Waals surface area (Å²) in [4.78, 5) is 10.3. The first-order valence-electron chi connectivity index (χ1n) is 11.1. The summed E-state index contributed by atoms with van der Waals surface area (Å²) in [5, 5.41) is 13.9. The highest BCUT2D eigenvalue weighted by Crippen LogP contribution is 2.42. The summed E-state index contributed by atoms with van der Waals surface area (Å²) in [5.41, 5.74) is 3.42. The van der Waals surface area contributed by atoms with Crippen LogP contribution in [0.1, 0.15) is 11.3 Å². The lowest BCUT2D eigenvalue weighted by Crippen LogP contribution is -2.43. The molecule has 4 aromatic rings. The van der Waals surface area contributed by atoms with Crippen molar-refractivity contribution in [2.24, 2.45) is 0 Å². The normalized spacial score (nSPS) is 14.8. The van der Waals surface area contributed by atoms with E-state index in [1.165, 1.54) is 0 Å². The highest BCUT2D eigenvalue weighted by molar-refractivity contribution is 7.22. The molecule has 0 atom stereocenters. The second kappa shape index (κ2) is 10.1. The first-order chi connectivity index (χ1) is 16.9. The number of benzene rings is 1. The zero-order chi connectivity index (χ0) is 24.5. The number of methoxy groups -OCH3 is 1. The molecule has 0 aliphatic carbocycles. The van der Waals surface area contributed by atoms with E-state index < -0.39 is 0 Å². The number of halogens is 2. The Balaban J connectivity index is 1.46. The Bertz CT molecular complexity index is 1420. The predicted molar refractivity (Wildman–Crippen MR) is 141 cm³/mol. The molecule has 0 unspecified atom stereocenters. The van der Waals surface area contributed by atoms with Gasteiger partial charge in [-0.2, -0.15) is 5.26 Å². The van der Waals surface area contributed by atoms with Gasteiger partial charge in [-0.25, -0.2) is 0 Å². The molecule has 7 nitrogen and oxygen atoms in total. The second-order valence-electron chi connectivity index (χ2n) is 8.46. The third-order valence-electron chi connectivity index (χ3n) is 6.08. The second-order valence-corrected chi connectivity index (χ2v) is 10.3. The summed E-state index contributed by atoms with van der Waals surface area (Å²) < 4.78 is 12.1. The molecule has 3 aromatic heterocycles. The van der Waals surface area contributed by atoms with Crippen LogP contribution in [0, 0.1) is 11.3 Å². The molecule has 1 aromatic carbocycles. The van der Waals surface area contributed by atoms with Crippen molar-refractivity contribution in [3.63, 3.8) is 0 Å². The van der Waals surface area contributed by atoms with E-state index in [0.29, 0.717) is 32.7 Å². The van der Waals surface area contributed by atoms with Crippen molar-refractivity contribution in [3.8, 4) is 22.3 Å². The number of rotatable bonds is 6. The van der Waals surface area contributed by atoms with Gasteiger partial charge in [0.25, 0.3) is 0 Å². The van der Waals surface area contributed by atoms with E-state index in [1.807, 2.05) is 6.07 Å². The number of nitrogens with one attached hydrogen (secondary N) is 1. The molecule has 5 rings (SSSR count). The van der Waals surface area contributed by atoms with Gasteiger partial charge in [0.15, 0.2) is 0 Å². The van der Waals surface area contributed by atoms with E-state index in [0.717, 1.165) is 59.1 Å². The van der Waals surface area contributed by atoms with Crippen LogP contribution in [0.25, 0.3) is 20.7 Å². The Morgan fingerprint density at radius 2 is 1.97 bits per heavy atom. The van der Waals surface area contributed by atoms with Gasteiger partial charge in [0, 0.05) is 48.9 Å². The van der Waals surface area contributed by atoms with Crippen LogP contribution in [0.2, 0.25) is 10.0 Å². The van der Waals surface area contributed by atoms with Gasteiger partial charge >= 0.3 is 0 Å².